The molecule has 1 aromatic carbocycles. The third-order valence-corrected chi connectivity index (χ3v) is 5.28. The summed E-state index contributed by atoms with van der Waals surface area (Å²) in [7, 11) is 0. The van der Waals surface area contributed by atoms with Gasteiger partial charge >= 0.3 is 5.97 Å². The van der Waals surface area contributed by atoms with Crippen LogP contribution in [-0.4, -0.2) is 49.7 Å². The van der Waals surface area contributed by atoms with Crippen molar-refractivity contribution in [1.29, 1.82) is 0 Å². The first-order valence-electron chi connectivity index (χ1n) is 9.11. The van der Waals surface area contributed by atoms with Crippen molar-refractivity contribution in [3.8, 4) is 0 Å². The number of amides is 1. The van der Waals surface area contributed by atoms with Gasteiger partial charge in [-0.15, -0.1) is 0 Å². The van der Waals surface area contributed by atoms with Crippen LogP contribution in [-0.2, 0) is 11.3 Å². The molecule has 1 atom stereocenters. The van der Waals surface area contributed by atoms with Crippen LogP contribution in [0.3, 0.4) is 0 Å². The van der Waals surface area contributed by atoms with Gasteiger partial charge in [-0.2, -0.15) is 5.10 Å². The molecule has 1 fully saturated rings. The smallest absolute Gasteiger partial charge is 0.325 e. The molecule has 7 nitrogen and oxygen atoms in total. The zero-order valence-corrected chi connectivity index (χ0v) is 15.8. The molecule has 0 bridgehead atoms. The van der Waals surface area contributed by atoms with Crippen LogP contribution in [0.5, 0.6) is 0 Å². The predicted molar refractivity (Wildman–Crippen MR) is 104 cm³/mol. The Kier molecular flexibility index (Phi) is 5.00. The fraction of sp³-hybridized carbons (Fsp3) is 0.300. The minimum atomic E-state index is -0.934. The normalized spacial score (nSPS) is 17.0. The number of pyridine rings is 1. The Labute approximate surface area is 166 Å². The van der Waals surface area contributed by atoms with Crippen LogP contribution in [0.4, 0.5) is 0 Å². The molecule has 1 saturated heterocycles. The molecule has 1 unspecified atom stereocenters. The minimum Gasteiger partial charge on any atom is -0.480 e. The summed E-state index contributed by atoms with van der Waals surface area (Å²) < 4.78 is 1.41. The van der Waals surface area contributed by atoms with Crippen LogP contribution in [0.2, 0.25) is 5.02 Å². The average molecular weight is 399 g/mol. The first-order chi connectivity index (χ1) is 13.5. The van der Waals surface area contributed by atoms with E-state index in [1.807, 2.05) is 24.3 Å². The second kappa shape index (κ2) is 7.59. The minimum absolute atomic E-state index is 0.0804. The lowest BCUT2D eigenvalue weighted by molar-refractivity contribution is -0.137. The molecule has 28 heavy (non-hydrogen) atoms. The standard InChI is InChI=1S/C20H19ClN4O3/c21-15-5-1-3-13-6-7-17(22-19(13)15)20(28)24-9-2-4-14(11-24)16-8-10-25(23-16)12-18(26)27/h1,3,5-8,10,14H,2,4,9,11-12H2,(H,26,27). The Balaban J connectivity index is 1.52. The summed E-state index contributed by atoms with van der Waals surface area (Å²) in [6.07, 6.45) is 3.43. The SMILES string of the molecule is O=C(O)Cn1ccc(C2CCCN(C(=O)c3ccc4cccc(Cl)c4n3)C2)n1. The van der Waals surface area contributed by atoms with E-state index in [-0.39, 0.29) is 18.4 Å². The van der Waals surface area contributed by atoms with Crippen LogP contribution in [0, 0.1) is 0 Å². The number of nitrogens with zero attached hydrogens (tertiary/aromatic N) is 4. The molecule has 4 rings (SSSR count). The molecule has 3 heterocycles. The Morgan fingerprint density at radius 3 is 2.89 bits per heavy atom. The van der Waals surface area contributed by atoms with Gasteiger partial charge in [0.15, 0.2) is 0 Å². The lowest BCUT2D eigenvalue weighted by Gasteiger charge is -2.31. The van der Waals surface area contributed by atoms with Crippen molar-refractivity contribution in [3.05, 3.63) is 59.0 Å². The second-order valence-electron chi connectivity index (χ2n) is 6.93. The molecule has 3 aromatic rings. The quantitative estimate of drug-likeness (QED) is 0.729. The van der Waals surface area contributed by atoms with Gasteiger partial charge < -0.3 is 10.0 Å². The molecule has 2 aromatic heterocycles. The summed E-state index contributed by atoms with van der Waals surface area (Å²) in [5.41, 5.74) is 1.81. The number of carbonyl (C=O) groups is 2. The van der Waals surface area contributed by atoms with Crippen molar-refractivity contribution in [2.24, 2.45) is 0 Å². The van der Waals surface area contributed by atoms with Crippen LogP contribution in [0.15, 0.2) is 42.6 Å². The van der Waals surface area contributed by atoms with Gasteiger partial charge in [0.05, 0.1) is 16.2 Å². The maximum Gasteiger partial charge on any atom is 0.325 e. The van der Waals surface area contributed by atoms with Gasteiger partial charge in [-0.25, -0.2) is 4.98 Å². The molecule has 144 valence electrons. The number of piperidine rings is 1. The molecular formula is C20H19ClN4O3. The number of aliphatic carboxylic acids is 1. The van der Waals surface area contributed by atoms with E-state index in [2.05, 4.69) is 10.1 Å². The lowest BCUT2D eigenvalue weighted by Crippen LogP contribution is -2.39. The van der Waals surface area contributed by atoms with E-state index in [0.29, 0.717) is 29.3 Å². The molecule has 8 heteroatoms. The van der Waals surface area contributed by atoms with Crippen molar-refractivity contribution < 1.29 is 14.7 Å². The topological polar surface area (TPSA) is 88.3 Å². The summed E-state index contributed by atoms with van der Waals surface area (Å²) in [6, 6.07) is 10.9. The largest absolute Gasteiger partial charge is 0.480 e. The van der Waals surface area contributed by atoms with E-state index >= 15 is 0 Å². The summed E-state index contributed by atoms with van der Waals surface area (Å²) in [6.45, 7) is 1.02. The first-order valence-corrected chi connectivity index (χ1v) is 9.49. The number of para-hydroxylation sites is 1. The molecule has 1 aliphatic rings. The van der Waals surface area contributed by atoms with Gasteiger partial charge in [0.1, 0.15) is 12.2 Å². The van der Waals surface area contributed by atoms with Gasteiger partial charge in [0.2, 0.25) is 0 Å². The number of rotatable bonds is 4. The van der Waals surface area contributed by atoms with Crippen LogP contribution in [0.25, 0.3) is 10.9 Å². The van der Waals surface area contributed by atoms with Crippen molar-refractivity contribution in [2.75, 3.05) is 13.1 Å². The molecular weight excluding hydrogens is 380 g/mol. The fourth-order valence-electron chi connectivity index (χ4n) is 3.62. The van der Waals surface area contributed by atoms with E-state index in [1.54, 1.807) is 23.2 Å². The third kappa shape index (κ3) is 3.71. The first kappa shape index (κ1) is 18.4. The summed E-state index contributed by atoms with van der Waals surface area (Å²) >= 11 is 6.22. The van der Waals surface area contributed by atoms with Crippen LogP contribution in [0.1, 0.15) is 34.9 Å². The van der Waals surface area contributed by atoms with Gasteiger partial charge in [-0.3, -0.25) is 14.3 Å². The number of carbonyl (C=O) groups excluding carboxylic acids is 1. The summed E-state index contributed by atoms with van der Waals surface area (Å²) in [4.78, 5) is 30.1. The Bertz CT molecular complexity index is 1050. The maximum atomic E-state index is 13.0. The van der Waals surface area contributed by atoms with E-state index < -0.39 is 5.97 Å². The van der Waals surface area contributed by atoms with Gasteiger partial charge in [0.25, 0.3) is 5.91 Å². The zero-order valence-electron chi connectivity index (χ0n) is 15.1. The number of carboxylic acid groups (broad SMARTS) is 1. The van der Waals surface area contributed by atoms with E-state index in [1.165, 1.54) is 4.68 Å². The van der Waals surface area contributed by atoms with Gasteiger partial charge in [-0.05, 0) is 31.0 Å². The highest BCUT2D eigenvalue weighted by Crippen LogP contribution is 2.27. The number of likely N-dealkylation sites (tertiary alicyclic amines) is 1. The van der Waals surface area contributed by atoms with E-state index in [9.17, 15) is 9.59 Å². The van der Waals surface area contributed by atoms with Crippen LogP contribution < -0.4 is 0 Å². The number of aromatic nitrogens is 3. The number of hydrogen-bond acceptors (Lipinski definition) is 4. The number of carboxylic acids is 1. The lowest BCUT2D eigenvalue weighted by atomic mass is 9.94. The van der Waals surface area contributed by atoms with Gasteiger partial charge in [-0.1, -0.05) is 29.8 Å². The molecule has 1 aliphatic heterocycles. The Morgan fingerprint density at radius 2 is 2.07 bits per heavy atom. The van der Waals surface area contributed by atoms with Crippen molar-refractivity contribution in [2.45, 2.75) is 25.3 Å². The number of benzene rings is 1. The molecule has 0 aliphatic carbocycles. The number of hydrogen-bond donors (Lipinski definition) is 1. The van der Waals surface area contributed by atoms with Crippen LogP contribution >= 0.6 is 11.6 Å². The summed E-state index contributed by atoms with van der Waals surface area (Å²) in [5, 5.41) is 14.7. The van der Waals surface area contributed by atoms with Crippen molar-refractivity contribution >= 4 is 34.4 Å². The highest BCUT2D eigenvalue weighted by atomic mass is 35.5. The average Bonchev–Trinajstić information content (AvgIpc) is 3.15. The van der Waals surface area contributed by atoms with Gasteiger partial charge in [0, 0.05) is 30.6 Å². The number of halogens is 1. The molecule has 0 radical (unpaired) electrons. The summed E-state index contributed by atoms with van der Waals surface area (Å²) in [5.74, 6) is -0.982. The number of fused-ring (bicyclic) bond motifs is 1. The van der Waals surface area contributed by atoms with Crippen molar-refractivity contribution in [3.63, 3.8) is 0 Å². The van der Waals surface area contributed by atoms with E-state index in [4.69, 9.17) is 16.7 Å². The predicted octanol–water partition coefficient (Wildman–Crippen LogP) is 3.19. The Morgan fingerprint density at radius 1 is 1.21 bits per heavy atom. The molecule has 1 amide bonds. The zero-order chi connectivity index (χ0) is 19.7. The Hall–Kier alpha value is -2.93. The maximum absolute atomic E-state index is 13.0. The second-order valence-corrected chi connectivity index (χ2v) is 7.34. The fourth-order valence-corrected chi connectivity index (χ4v) is 3.84. The monoisotopic (exact) mass is 398 g/mol. The highest BCUT2D eigenvalue weighted by Gasteiger charge is 2.27. The van der Waals surface area contributed by atoms with Crippen molar-refractivity contribution in [1.82, 2.24) is 19.7 Å². The highest BCUT2D eigenvalue weighted by molar-refractivity contribution is 6.35. The third-order valence-electron chi connectivity index (χ3n) is 4.98. The van der Waals surface area contributed by atoms with E-state index in [0.717, 1.165) is 23.9 Å². The molecule has 0 saturated carbocycles. The molecule has 0 spiro atoms. The molecule has 1 N–H and O–H groups in total.